The van der Waals surface area contributed by atoms with Crippen molar-refractivity contribution >= 4 is 33.7 Å². The first-order chi connectivity index (χ1) is 5.74. The third-order valence-electron chi connectivity index (χ3n) is 1.58. The van der Waals surface area contributed by atoms with Gasteiger partial charge in [0.25, 0.3) is 0 Å². The van der Waals surface area contributed by atoms with Gasteiger partial charge in [-0.05, 0) is 12.0 Å². The summed E-state index contributed by atoms with van der Waals surface area (Å²) in [5.74, 6) is 0. The lowest BCUT2D eigenvalue weighted by Gasteiger charge is -1.98. The quantitative estimate of drug-likeness (QED) is 0.640. The van der Waals surface area contributed by atoms with E-state index in [1.54, 1.807) is 12.1 Å². The molecule has 0 unspecified atom stereocenters. The molecule has 0 N–H and O–H groups in total. The number of aryl methyl sites for hydroxylation is 1. The number of carbonyl (C=O) groups excluding carboxylic acids is 1. The molecule has 0 radical (unpaired) electrons. The molecule has 1 aromatic carbocycles. The van der Waals surface area contributed by atoms with Gasteiger partial charge in [0, 0.05) is 10.9 Å². The van der Waals surface area contributed by atoms with Gasteiger partial charge in [-0.2, -0.15) is 0 Å². The third kappa shape index (κ3) is 2.64. The fourth-order valence-corrected chi connectivity index (χ4v) is 1.53. The van der Waals surface area contributed by atoms with Crippen molar-refractivity contribution in [1.82, 2.24) is 0 Å². The average molecular weight is 245 g/mol. The van der Waals surface area contributed by atoms with Crippen molar-refractivity contribution in [1.29, 1.82) is 0 Å². The number of alkyl halides is 1. The van der Waals surface area contributed by atoms with Crippen LogP contribution >= 0.6 is 28.6 Å². The van der Waals surface area contributed by atoms with Crippen molar-refractivity contribution in [3.63, 3.8) is 0 Å². The largest absolute Gasteiger partial charge is 0.282 e. The molecule has 64 valence electrons. The second-order valence-corrected chi connectivity index (χ2v) is 3.64. The van der Waals surface area contributed by atoms with Crippen LogP contribution in [0.3, 0.4) is 0 Å². The van der Waals surface area contributed by atoms with Crippen molar-refractivity contribution in [2.75, 3.05) is 5.33 Å². The number of carbonyl (C=O) groups is 1. The Hall–Kier alpha value is -0.280. The molecule has 0 saturated heterocycles. The smallest absolute Gasteiger partial charge is 0.216 e. The van der Waals surface area contributed by atoms with Crippen LogP contribution in [0, 0.1) is 0 Å². The van der Waals surface area contributed by atoms with Crippen molar-refractivity contribution < 1.29 is 4.79 Å². The summed E-state index contributed by atoms with van der Waals surface area (Å²) >= 11 is 7.08. The molecule has 0 aliphatic carbocycles. The molecule has 0 saturated carbocycles. The number of rotatable bonds is 3. The van der Waals surface area contributed by atoms with Gasteiger partial charge in [-0.3, -0.25) is 4.79 Å². The highest BCUT2D eigenvalue weighted by molar-refractivity contribution is 9.09. The Morgan fingerprint density at radius 2 is 1.92 bits per heavy atom. The first-order valence-corrected chi connectivity index (χ1v) is 5.19. The zero-order valence-electron chi connectivity index (χ0n) is 6.46. The van der Waals surface area contributed by atoms with Crippen molar-refractivity contribution in [3.05, 3.63) is 35.4 Å². The normalized spacial score (nSPS) is 9.83. The maximum atomic E-state index is 10.8. The molecule has 1 rings (SSSR count). The molecule has 0 bridgehead atoms. The second kappa shape index (κ2) is 4.67. The van der Waals surface area contributed by atoms with Crippen LogP contribution < -0.4 is 0 Å². The molecule has 3 heteroatoms. The molecular weight excluding hydrogens is 236 g/mol. The Bertz CT molecular complexity index is 268. The Balaban J connectivity index is 2.78. The van der Waals surface area contributed by atoms with Crippen LogP contribution in [0.4, 0.5) is 0 Å². The highest BCUT2D eigenvalue weighted by Gasteiger charge is 1.98. The van der Waals surface area contributed by atoms with Gasteiger partial charge in [-0.1, -0.05) is 40.2 Å². The monoisotopic (exact) mass is 244 g/mol. The minimum absolute atomic E-state index is 0.180. The van der Waals surface area contributed by atoms with E-state index in [-0.39, 0.29) is 5.12 Å². The molecular formula is C9H9BrOS. The van der Waals surface area contributed by atoms with E-state index in [0.717, 1.165) is 11.8 Å². The number of thiol groups is 1. The Kier molecular flexibility index (Phi) is 3.82. The maximum Gasteiger partial charge on any atom is 0.216 e. The van der Waals surface area contributed by atoms with Crippen LogP contribution in [-0.2, 0) is 6.42 Å². The van der Waals surface area contributed by atoms with Gasteiger partial charge >= 0.3 is 0 Å². The lowest BCUT2D eigenvalue weighted by atomic mass is 10.1. The molecule has 0 aliphatic heterocycles. The van der Waals surface area contributed by atoms with Crippen molar-refractivity contribution in [2.45, 2.75) is 6.42 Å². The van der Waals surface area contributed by atoms with Crippen LogP contribution in [0.5, 0.6) is 0 Å². The van der Waals surface area contributed by atoms with E-state index >= 15 is 0 Å². The second-order valence-electron chi connectivity index (χ2n) is 2.44. The Morgan fingerprint density at radius 3 is 2.33 bits per heavy atom. The van der Waals surface area contributed by atoms with Gasteiger partial charge in [0.1, 0.15) is 0 Å². The summed E-state index contributed by atoms with van der Waals surface area (Å²) in [6.45, 7) is 0. The van der Waals surface area contributed by atoms with E-state index in [9.17, 15) is 4.79 Å². The van der Waals surface area contributed by atoms with E-state index in [2.05, 4.69) is 28.6 Å². The molecule has 0 amide bonds. The lowest BCUT2D eigenvalue weighted by Crippen LogP contribution is -1.90. The van der Waals surface area contributed by atoms with Crippen LogP contribution in [0.25, 0.3) is 0 Å². The highest BCUT2D eigenvalue weighted by Crippen LogP contribution is 2.07. The Morgan fingerprint density at radius 1 is 1.33 bits per heavy atom. The molecule has 0 aliphatic rings. The first-order valence-electron chi connectivity index (χ1n) is 3.62. The maximum absolute atomic E-state index is 10.8. The number of benzene rings is 1. The molecule has 0 fully saturated rings. The van der Waals surface area contributed by atoms with Crippen LogP contribution in [0.15, 0.2) is 24.3 Å². The minimum atomic E-state index is -0.180. The van der Waals surface area contributed by atoms with E-state index < -0.39 is 0 Å². The Labute approximate surface area is 85.7 Å². The number of halogens is 1. The summed E-state index contributed by atoms with van der Waals surface area (Å²) in [5, 5.41) is 0.765. The summed E-state index contributed by atoms with van der Waals surface area (Å²) in [6, 6.07) is 7.50. The van der Waals surface area contributed by atoms with Gasteiger partial charge < -0.3 is 0 Å². The van der Waals surface area contributed by atoms with Gasteiger partial charge in [0.15, 0.2) is 0 Å². The summed E-state index contributed by atoms with van der Waals surface area (Å²) in [4.78, 5) is 10.8. The fourth-order valence-electron chi connectivity index (χ4n) is 0.923. The standard InChI is InChI=1S/C9H9BrOS/c10-6-5-7-1-3-8(4-2-7)9(11)12/h1-4H,5-6H2,(H,11,12). The summed E-state index contributed by atoms with van der Waals surface area (Å²) in [7, 11) is 0. The zero-order chi connectivity index (χ0) is 8.97. The fraction of sp³-hybridized carbons (Fsp3) is 0.222. The molecule has 0 spiro atoms. The van der Waals surface area contributed by atoms with Gasteiger partial charge in [0.2, 0.25) is 5.12 Å². The number of hydrogen-bond donors (Lipinski definition) is 1. The van der Waals surface area contributed by atoms with Crippen LogP contribution in [0.1, 0.15) is 15.9 Å². The van der Waals surface area contributed by atoms with Gasteiger partial charge in [-0.15, -0.1) is 12.6 Å². The van der Waals surface area contributed by atoms with Crippen molar-refractivity contribution in [2.24, 2.45) is 0 Å². The van der Waals surface area contributed by atoms with Crippen molar-refractivity contribution in [3.8, 4) is 0 Å². The van der Waals surface area contributed by atoms with Gasteiger partial charge in [0.05, 0.1) is 0 Å². The third-order valence-corrected chi connectivity index (χ3v) is 2.24. The summed E-state index contributed by atoms with van der Waals surface area (Å²) in [5.41, 5.74) is 1.88. The summed E-state index contributed by atoms with van der Waals surface area (Å²) in [6.07, 6.45) is 0.987. The highest BCUT2D eigenvalue weighted by atomic mass is 79.9. The first kappa shape index (κ1) is 9.81. The minimum Gasteiger partial charge on any atom is -0.282 e. The van der Waals surface area contributed by atoms with E-state index in [1.165, 1.54) is 5.56 Å². The predicted octanol–water partition coefficient (Wildman–Crippen LogP) is 2.69. The molecule has 0 heterocycles. The molecule has 0 aromatic heterocycles. The molecule has 12 heavy (non-hydrogen) atoms. The lowest BCUT2D eigenvalue weighted by molar-refractivity contribution is 0.109. The van der Waals surface area contributed by atoms with E-state index in [1.807, 2.05) is 12.1 Å². The average Bonchev–Trinajstić information content (AvgIpc) is 2.06. The number of hydrogen-bond acceptors (Lipinski definition) is 1. The summed E-state index contributed by atoms with van der Waals surface area (Å²) < 4.78 is 0. The topological polar surface area (TPSA) is 17.1 Å². The van der Waals surface area contributed by atoms with E-state index in [0.29, 0.717) is 5.56 Å². The SMILES string of the molecule is O=C(S)c1ccc(CCBr)cc1. The predicted molar refractivity (Wildman–Crippen MR) is 57.3 cm³/mol. The van der Waals surface area contributed by atoms with Gasteiger partial charge in [-0.25, -0.2) is 0 Å². The molecule has 0 atom stereocenters. The molecule has 1 aromatic rings. The van der Waals surface area contributed by atoms with Crippen LogP contribution in [0.2, 0.25) is 0 Å². The van der Waals surface area contributed by atoms with E-state index in [4.69, 9.17) is 0 Å². The molecule has 1 nitrogen and oxygen atoms in total. The van der Waals surface area contributed by atoms with Crippen LogP contribution in [-0.4, -0.2) is 10.4 Å². The zero-order valence-corrected chi connectivity index (χ0v) is 8.94.